The fraction of sp³-hybridized carbons (Fsp3) is 0.110. The lowest BCUT2D eigenvalue weighted by Crippen LogP contribution is -1.89. The van der Waals surface area contributed by atoms with Gasteiger partial charge < -0.3 is 0 Å². The van der Waals surface area contributed by atoms with Crippen molar-refractivity contribution in [2.75, 3.05) is 0 Å². The van der Waals surface area contributed by atoms with Crippen LogP contribution in [-0.4, -0.2) is 29.9 Å². The van der Waals surface area contributed by atoms with E-state index in [1.165, 1.54) is 86.6 Å². The molecule has 0 bridgehead atoms. The second kappa shape index (κ2) is 49.0. The first-order chi connectivity index (χ1) is 55.5. The maximum atomic E-state index is 13.2. The topological polar surface area (TPSA) is 90.4 Å². The molecule has 0 radical (unpaired) electrons. The summed E-state index contributed by atoms with van der Waals surface area (Å²) in [6.07, 6.45) is 15.8. The van der Waals surface area contributed by atoms with Crippen LogP contribution in [0.25, 0.3) is 69.6 Å². The fourth-order valence-electron chi connectivity index (χ4n) is 10.1. The van der Waals surface area contributed by atoms with Gasteiger partial charge in [0.15, 0.2) is 11.4 Å². The van der Waals surface area contributed by atoms with E-state index in [0.717, 1.165) is 51.2 Å². The normalized spacial score (nSPS) is 9.58. The van der Waals surface area contributed by atoms with Gasteiger partial charge in [-0.15, -0.1) is 0 Å². The number of fused-ring (bicyclic) bond motifs is 2. The van der Waals surface area contributed by atoms with Crippen LogP contribution in [0.2, 0.25) is 0 Å². The molecule has 9 nitrogen and oxygen atoms in total. The number of halogens is 6. The third-order valence-electron chi connectivity index (χ3n) is 16.8. The quantitative estimate of drug-likeness (QED) is 0.0994. The summed E-state index contributed by atoms with van der Waals surface area (Å²) in [5, 5.41) is 4.91. The van der Waals surface area contributed by atoms with Crippen LogP contribution in [0.5, 0.6) is 0 Å². The number of hydrogen-bond acceptors (Lipinski definition) is 6. The third-order valence-corrected chi connectivity index (χ3v) is 16.8. The van der Waals surface area contributed by atoms with E-state index in [0.29, 0.717) is 22.4 Å². The molecule has 0 amide bonds. The summed E-state index contributed by atoms with van der Waals surface area (Å²) in [5.74, 6) is -3.42. The highest BCUT2D eigenvalue weighted by Crippen LogP contribution is 2.29. The van der Waals surface area contributed by atoms with E-state index < -0.39 is 29.2 Å². The van der Waals surface area contributed by atoms with Gasteiger partial charge in [-0.25, -0.2) is 32.1 Å². The Morgan fingerprint density at radius 3 is 1.18 bits per heavy atom. The Bertz CT molecular complexity index is 5530. The fourth-order valence-corrected chi connectivity index (χ4v) is 10.1. The van der Waals surface area contributed by atoms with Crippen molar-refractivity contribution in [2.24, 2.45) is 0 Å². The van der Waals surface area contributed by atoms with Gasteiger partial charge in [0.25, 0.3) is 5.69 Å². The Kier molecular flexibility index (Phi) is 38.2. The van der Waals surface area contributed by atoms with Gasteiger partial charge in [-0.3, -0.25) is 24.9 Å². The Labute approximate surface area is 672 Å². The predicted molar refractivity (Wildman–Crippen MR) is 460 cm³/mol. The lowest BCUT2D eigenvalue weighted by atomic mass is 10.0. The molecule has 576 valence electrons. The van der Waals surface area contributed by atoms with Crippen LogP contribution in [0.1, 0.15) is 61.2 Å². The summed E-state index contributed by atoms with van der Waals surface area (Å²) < 4.78 is 76.1. The molecule has 0 fully saturated rings. The van der Waals surface area contributed by atoms with Crippen LogP contribution in [0.15, 0.2) is 341 Å². The Hall–Kier alpha value is -14.3. The smallest absolute Gasteiger partial charge is 0.257 e. The molecular formula is C100H89F6N9. The van der Waals surface area contributed by atoms with E-state index in [1.54, 1.807) is 81.5 Å². The van der Waals surface area contributed by atoms with Crippen molar-refractivity contribution in [2.45, 2.75) is 76.2 Å². The van der Waals surface area contributed by atoms with E-state index >= 15 is 0 Å². The summed E-state index contributed by atoms with van der Waals surface area (Å²) in [6, 6.07) is 89.5. The number of aryl methyl sites for hydroxylation is 11. The zero-order valence-electron chi connectivity index (χ0n) is 66.1. The molecular weight excluding hydrogens is 1440 g/mol. The number of rotatable bonds is 3. The van der Waals surface area contributed by atoms with Crippen molar-refractivity contribution in [1.82, 2.24) is 29.9 Å². The minimum absolute atomic E-state index is 0.167. The van der Waals surface area contributed by atoms with Crippen molar-refractivity contribution in [3.63, 3.8) is 0 Å². The third kappa shape index (κ3) is 31.9. The Morgan fingerprint density at radius 1 is 0.278 bits per heavy atom. The lowest BCUT2D eigenvalue weighted by molar-refractivity contribution is 0.507. The Balaban J connectivity index is 0.000000198. The van der Waals surface area contributed by atoms with Crippen LogP contribution in [-0.2, 0) is 0 Å². The van der Waals surface area contributed by atoms with Crippen molar-refractivity contribution in [3.8, 4) is 33.5 Å². The summed E-state index contributed by atoms with van der Waals surface area (Å²) in [7, 11) is 0. The Morgan fingerprint density at radius 2 is 0.739 bits per heavy atom. The predicted octanol–water partition coefficient (Wildman–Crippen LogP) is 28.1. The minimum Gasteiger partial charge on any atom is -0.265 e. The number of benzene rings is 10. The molecule has 0 N–H and O–H groups in total. The highest BCUT2D eigenvalue weighted by molar-refractivity contribution is 5.96. The summed E-state index contributed by atoms with van der Waals surface area (Å²) >= 11 is 0. The molecule has 16 rings (SSSR count). The van der Waals surface area contributed by atoms with E-state index in [1.807, 2.05) is 185 Å². The zero-order valence-corrected chi connectivity index (χ0v) is 66.1. The number of aromatic nitrogens is 6. The highest BCUT2D eigenvalue weighted by atomic mass is 19.2. The minimum atomic E-state index is -0.803. The number of nitrogens with zero attached hydrogens (tertiary/aromatic N) is 9. The van der Waals surface area contributed by atoms with Crippen molar-refractivity contribution in [1.29, 1.82) is 0 Å². The first-order valence-electron chi connectivity index (χ1n) is 36.4. The number of pyridine rings is 6. The summed E-state index contributed by atoms with van der Waals surface area (Å²) in [4.78, 5) is 32.3. The zero-order chi connectivity index (χ0) is 83.3. The van der Waals surface area contributed by atoms with Crippen LogP contribution >= 0.6 is 0 Å². The van der Waals surface area contributed by atoms with Crippen LogP contribution in [0, 0.1) is 131 Å². The monoisotopic (exact) mass is 1530 g/mol. The standard InChI is InChI=1S/2C12H10FN.C12H9N.C12H11N.C11H10.C8H5F2N.C8H7N.C7H8.C6H5F2N.2C6H7N/c2*1-9-2-3-11(8-12(9)13)10-4-6-14-7-5-10;1-9-7-8-12(13-2)11-6-4-3-5-10(9)11;1-10-5-7-11(8-6-10)12-4-2-3-9-13-12;1-9-5-4-7-10-6-2-3-8-11(9)10;1-5-3-4-6(9)8(11-2)7(5)10;1-7-3-5-8(9-2)6-4-7;1-7-5-3-2-4-6-7;1-4-2-3-5(7)9-6(4)8;1-6-2-4-7-5-3-6;1-6-3-2-4-7-5-6/h2*2-8H,1H3;3-8H,1H3;2-9H,1H3;2-8H,1H3;3-4H,1H3;3-6H,1H3;2-6H,1H3;2-3H,1H3;2*2-5H,1H3. The molecule has 0 saturated carbocycles. The maximum Gasteiger partial charge on any atom is 0.257 e. The summed E-state index contributed by atoms with van der Waals surface area (Å²) in [5.41, 5.74) is 17.7. The highest BCUT2D eigenvalue weighted by Gasteiger charge is 2.11. The summed E-state index contributed by atoms with van der Waals surface area (Å²) in [6.45, 7) is 41.1. The molecule has 6 heterocycles. The average Bonchev–Trinajstić information content (AvgIpc) is 0.821. The number of hydrogen-bond donors (Lipinski definition) is 0. The van der Waals surface area contributed by atoms with Crippen molar-refractivity contribution in [3.05, 3.63) is 472 Å². The van der Waals surface area contributed by atoms with Gasteiger partial charge in [0.1, 0.15) is 23.3 Å². The molecule has 0 unspecified atom stereocenters. The van der Waals surface area contributed by atoms with Crippen molar-refractivity contribution < 1.29 is 26.3 Å². The second-order valence-electron chi connectivity index (χ2n) is 25.9. The molecule has 0 aliphatic heterocycles. The molecule has 115 heavy (non-hydrogen) atoms. The van der Waals surface area contributed by atoms with Gasteiger partial charge in [0.05, 0.1) is 25.4 Å². The maximum absolute atomic E-state index is 13.2. The van der Waals surface area contributed by atoms with Gasteiger partial charge in [-0.05, 0) is 238 Å². The largest absolute Gasteiger partial charge is 0.265 e. The van der Waals surface area contributed by atoms with Gasteiger partial charge in [0, 0.05) is 66.9 Å². The second-order valence-corrected chi connectivity index (χ2v) is 25.9. The molecule has 0 aliphatic carbocycles. The lowest BCUT2D eigenvalue weighted by Gasteiger charge is -2.02. The SMILES string of the molecule is Cc1ccc(-c2ccccn2)cc1.Cc1ccc(-c2ccncc2)cc1F.Cc1ccc(-c2ccncc2)cc1F.Cc1ccc(F)nc1F.Cc1cccc2ccccc12.Cc1ccccc1.Cc1cccnc1.Cc1ccncc1.[C-]#[N+]c1c(F)ccc(C)c1F.[C-]#[N+]c1ccc(C)c2ccccc12.[C-]#[N+]c1ccc(C)cc1. The van der Waals surface area contributed by atoms with E-state index in [-0.39, 0.29) is 17.2 Å². The molecule has 0 saturated heterocycles. The van der Waals surface area contributed by atoms with Crippen LogP contribution in [0.4, 0.5) is 43.4 Å². The first-order valence-corrected chi connectivity index (χ1v) is 36.4. The van der Waals surface area contributed by atoms with Gasteiger partial charge in [0.2, 0.25) is 11.9 Å². The molecule has 0 spiro atoms. The molecule has 16 aromatic rings. The van der Waals surface area contributed by atoms with Crippen LogP contribution < -0.4 is 0 Å². The molecule has 6 aromatic heterocycles. The molecule has 10 aromatic carbocycles. The average molecular weight is 1530 g/mol. The molecule has 0 atom stereocenters. The van der Waals surface area contributed by atoms with Gasteiger partial charge >= 0.3 is 0 Å². The molecule has 15 heteroatoms. The van der Waals surface area contributed by atoms with E-state index in [9.17, 15) is 26.3 Å². The van der Waals surface area contributed by atoms with Gasteiger partial charge in [-0.2, -0.15) is 13.8 Å². The van der Waals surface area contributed by atoms with Crippen molar-refractivity contribution >= 4 is 38.6 Å². The molecule has 0 aliphatic rings. The first kappa shape index (κ1) is 89.6. The van der Waals surface area contributed by atoms with Gasteiger partial charge in [-0.1, -0.05) is 223 Å². The van der Waals surface area contributed by atoms with E-state index in [4.69, 9.17) is 19.7 Å². The van der Waals surface area contributed by atoms with Crippen LogP contribution in [0.3, 0.4) is 0 Å². The van der Waals surface area contributed by atoms with E-state index in [2.05, 4.69) is 157 Å².